The second-order valence-corrected chi connectivity index (χ2v) is 5.56. The number of hydrogen-bond donors (Lipinski definition) is 1. The van der Waals surface area contributed by atoms with E-state index >= 15 is 0 Å². The summed E-state index contributed by atoms with van der Waals surface area (Å²) in [5, 5.41) is 3.54. The molecular formula is C14H30N2O. The van der Waals surface area contributed by atoms with E-state index < -0.39 is 0 Å². The van der Waals surface area contributed by atoms with Crippen LogP contribution in [0.15, 0.2) is 0 Å². The smallest absolute Gasteiger partial charge is 0.0595 e. The summed E-state index contributed by atoms with van der Waals surface area (Å²) in [5.41, 5.74) is 0. The van der Waals surface area contributed by atoms with Crippen molar-refractivity contribution in [1.29, 1.82) is 0 Å². The first-order valence-corrected chi connectivity index (χ1v) is 7.18. The molecule has 3 nitrogen and oxygen atoms in total. The molecule has 1 aliphatic heterocycles. The number of rotatable bonds is 8. The van der Waals surface area contributed by atoms with Crippen LogP contribution in [-0.4, -0.2) is 50.8 Å². The molecule has 0 spiro atoms. The van der Waals surface area contributed by atoms with Crippen LogP contribution >= 0.6 is 0 Å². The minimum absolute atomic E-state index is 0.505. The summed E-state index contributed by atoms with van der Waals surface area (Å²) in [5.74, 6) is 0.838. The van der Waals surface area contributed by atoms with Crippen molar-refractivity contribution >= 4 is 0 Å². The molecule has 1 rings (SSSR count). The zero-order valence-electron chi connectivity index (χ0n) is 11.9. The van der Waals surface area contributed by atoms with Gasteiger partial charge in [-0.05, 0) is 38.1 Å². The summed E-state index contributed by atoms with van der Waals surface area (Å²) >= 11 is 0. The van der Waals surface area contributed by atoms with Gasteiger partial charge in [0.25, 0.3) is 0 Å². The lowest BCUT2D eigenvalue weighted by Gasteiger charge is -2.31. The molecule has 0 unspecified atom stereocenters. The molecule has 0 atom stereocenters. The van der Waals surface area contributed by atoms with Crippen LogP contribution in [0, 0.1) is 5.92 Å². The maximum atomic E-state index is 5.38. The molecule has 0 amide bonds. The minimum atomic E-state index is 0.505. The van der Waals surface area contributed by atoms with E-state index in [2.05, 4.69) is 24.1 Å². The Morgan fingerprint density at radius 1 is 1.24 bits per heavy atom. The van der Waals surface area contributed by atoms with Crippen molar-refractivity contribution in [2.75, 3.05) is 39.8 Å². The third-order valence-electron chi connectivity index (χ3n) is 3.61. The molecule has 1 saturated heterocycles. The van der Waals surface area contributed by atoms with Crippen LogP contribution in [0.4, 0.5) is 0 Å². The number of nitrogens with one attached hydrogen (secondary N) is 1. The van der Waals surface area contributed by atoms with Gasteiger partial charge in [0.2, 0.25) is 0 Å². The standard InChI is InChI=1S/C14H30N2O/c1-13(2)5-4-8-15-9-12-16-10-6-14(17-3)7-11-16/h13-15H,4-12H2,1-3H3. The topological polar surface area (TPSA) is 24.5 Å². The second kappa shape index (κ2) is 8.90. The van der Waals surface area contributed by atoms with Crippen LogP contribution in [0.25, 0.3) is 0 Å². The van der Waals surface area contributed by atoms with Gasteiger partial charge in [-0.2, -0.15) is 0 Å². The van der Waals surface area contributed by atoms with Crippen molar-refractivity contribution in [3.8, 4) is 0 Å². The lowest BCUT2D eigenvalue weighted by molar-refractivity contribution is 0.0415. The maximum Gasteiger partial charge on any atom is 0.0595 e. The van der Waals surface area contributed by atoms with Crippen molar-refractivity contribution < 1.29 is 4.74 Å². The van der Waals surface area contributed by atoms with E-state index in [1.165, 1.54) is 51.9 Å². The highest BCUT2D eigenvalue weighted by Gasteiger charge is 2.17. The summed E-state index contributed by atoms with van der Waals surface area (Å²) in [6.45, 7) is 10.5. The van der Waals surface area contributed by atoms with Gasteiger partial charge >= 0.3 is 0 Å². The predicted molar refractivity (Wildman–Crippen MR) is 73.4 cm³/mol. The van der Waals surface area contributed by atoms with E-state index in [-0.39, 0.29) is 0 Å². The van der Waals surface area contributed by atoms with Gasteiger partial charge < -0.3 is 15.0 Å². The Balaban J connectivity index is 1.90. The highest BCUT2D eigenvalue weighted by atomic mass is 16.5. The van der Waals surface area contributed by atoms with Crippen molar-refractivity contribution in [2.24, 2.45) is 5.92 Å². The molecule has 0 aromatic heterocycles. The highest BCUT2D eigenvalue weighted by Crippen LogP contribution is 2.11. The quantitative estimate of drug-likeness (QED) is 0.660. The van der Waals surface area contributed by atoms with Crippen LogP contribution in [0.1, 0.15) is 39.5 Å². The molecule has 1 fully saturated rings. The fourth-order valence-electron chi connectivity index (χ4n) is 2.37. The van der Waals surface area contributed by atoms with Gasteiger partial charge in [-0.3, -0.25) is 0 Å². The number of ether oxygens (including phenoxy) is 1. The molecule has 1 aliphatic rings. The van der Waals surface area contributed by atoms with Gasteiger partial charge in [-0.15, -0.1) is 0 Å². The Hall–Kier alpha value is -0.120. The Labute approximate surface area is 107 Å². The normalized spacial score (nSPS) is 19.1. The first-order chi connectivity index (χ1) is 8.22. The molecule has 0 aliphatic carbocycles. The summed E-state index contributed by atoms with van der Waals surface area (Å²) in [7, 11) is 1.83. The van der Waals surface area contributed by atoms with Gasteiger partial charge in [-0.25, -0.2) is 0 Å². The zero-order valence-corrected chi connectivity index (χ0v) is 11.9. The monoisotopic (exact) mass is 242 g/mol. The summed E-state index contributed by atoms with van der Waals surface area (Å²) < 4.78 is 5.38. The lowest BCUT2D eigenvalue weighted by Crippen LogP contribution is -2.40. The lowest BCUT2D eigenvalue weighted by atomic mass is 10.1. The van der Waals surface area contributed by atoms with Crippen LogP contribution in [0.2, 0.25) is 0 Å². The third kappa shape index (κ3) is 7.02. The maximum absolute atomic E-state index is 5.38. The molecular weight excluding hydrogens is 212 g/mol. The van der Waals surface area contributed by atoms with E-state index in [9.17, 15) is 0 Å². The number of piperidine rings is 1. The van der Waals surface area contributed by atoms with Crippen LogP contribution < -0.4 is 5.32 Å². The number of hydrogen-bond acceptors (Lipinski definition) is 3. The van der Waals surface area contributed by atoms with Gasteiger partial charge in [0.1, 0.15) is 0 Å². The largest absolute Gasteiger partial charge is 0.381 e. The van der Waals surface area contributed by atoms with Crippen molar-refractivity contribution in [1.82, 2.24) is 10.2 Å². The van der Waals surface area contributed by atoms with Gasteiger partial charge in [-0.1, -0.05) is 13.8 Å². The molecule has 102 valence electrons. The highest BCUT2D eigenvalue weighted by molar-refractivity contribution is 4.72. The molecule has 3 heteroatoms. The fourth-order valence-corrected chi connectivity index (χ4v) is 2.37. The van der Waals surface area contributed by atoms with E-state index in [0.29, 0.717) is 6.10 Å². The van der Waals surface area contributed by atoms with Crippen molar-refractivity contribution in [3.63, 3.8) is 0 Å². The number of likely N-dealkylation sites (tertiary alicyclic amines) is 1. The summed E-state index contributed by atoms with van der Waals surface area (Å²) in [6, 6.07) is 0. The van der Waals surface area contributed by atoms with Crippen LogP contribution in [0.3, 0.4) is 0 Å². The average Bonchev–Trinajstić information content (AvgIpc) is 2.34. The fraction of sp³-hybridized carbons (Fsp3) is 1.00. The Kier molecular flexibility index (Phi) is 7.82. The van der Waals surface area contributed by atoms with Crippen molar-refractivity contribution in [3.05, 3.63) is 0 Å². The molecule has 17 heavy (non-hydrogen) atoms. The van der Waals surface area contributed by atoms with E-state index in [4.69, 9.17) is 4.74 Å². The summed E-state index contributed by atoms with van der Waals surface area (Å²) in [4.78, 5) is 2.55. The van der Waals surface area contributed by atoms with Gasteiger partial charge in [0.05, 0.1) is 6.10 Å². The van der Waals surface area contributed by atoms with Crippen molar-refractivity contribution in [2.45, 2.75) is 45.6 Å². The molecule has 0 saturated carbocycles. The first kappa shape index (κ1) is 14.9. The van der Waals surface area contributed by atoms with E-state index in [0.717, 1.165) is 12.5 Å². The molecule has 0 aromatic rings. The third-order valence-corrected chi connectivity index (χ3v) is 3.61. The summed E-state index contributed by atoms with van der Waals surface area (Å²) in [6.07, 6.45) is 5.55. The molecule has 0 bridgehead atoms. The Morgan fingerprint density at radius 2 is 1.94 bits per heavy atom. The van der Waals surface area contributed by atoms with E-state index in [1.54, 1.807) is 0 Å². The zero-order chi connectivity index (χ0) is 12.5. The molecule has 1 N–H and O–H groups in total. The predicted octanol–water partition coefficient (Wildman–Crippen LogP) is 2.12. The molecule has 1 heterocycles. The SMILES string of the molecule is COC1CCN(CCNCCCC(C)C)CC1. The minimum Gasteiger partial charge on any atom is -0.381 e. The Bertz CT molecular complexity index is 177. The number of nitrogens with zero attached hydrogens (tertiary/aromatic N) is 1. The number of methoxy groups -OCH3 is 1. The second-order valence-electron chi connectivity index (χ2n) is 5.56. The van der Waals surface area contributed by atoms with Crippen LogP contribution in [0.5, 0.6) is 0 Å². The van der Waals surface area contributed by atoms with Gasteiger partial charge in [0.15, 0.2) is 0 Å². The van der Waals surface area contributed by atoms with E-state index in [1.807, 2.05) is 7.11 Å². The first-order valence-electron chi connectivity index (χ1n) is 7.18. The van der Waals surface area contributed by atoms with Crippen LogP contribution in [-0.2, 0) is 4.74 Å². The average molecular weight is 242 g/mol. The Morgan fingerprint density at radius 3 is 2.53 bits per heavy atom. The van der Waals surface area contributed by atoms with Gasteiger partial charge in [0, 0.05) is 33.3 Å². The molecule has 0 aromatic carbocycles. The molecule has 0 radical (unpaired) electrons.